The molecule has 0 bridgehead atoms. The van der Waals surface area contributed by atoms with Crippen molar-refractivity contribution in [2.75, 3.05) is 26.4 Å². The van der Waals surface area contributed by atoms with E-state index >= 15 is 0 Å². The second-order valence-corrected chi connectivity index (χ2v) is 6.85. The van der Waals surface area contributed by atoms with Gasteiger partial charge in [0.1, 0.15) is 4.21 Å². The zero-order chi connectivity index (χ0) is 12.7. The van der Waals surface area contributed by atoms with Crippen LogP contribution in [-0.2, 0) is 14.8 Å². The summed E-state index contributed by atoms with van der Waals surface area (Å²) in [5.74, 6) is 0. The van der Waals surface area contributed by atoms with E-state index in [2.05, 4.69) is 4.72 Å². The molecule has 0 saturated carbocycles. The van der Waals surface area contributed by atoms with Crippen LogP contribution in [0.3, 0.4) is 0 Å². The van der Waals surface area contributed by atoms with E-state index in [1.807, 2.05) is 0 Å². The van der Waals surface area contributed by atoms with Crippen LogP contribution in [0.15, 0.2) is 16.3 Å². The lowest BCUT2D eigenvalue weighted by atomic mass is 10.5. The number of ether oxygens (including phenoxy) is 1. The highest BCUT2D eigenvalue weighted by Crippen LogP contribution is 2.25. The number of sulfonamides is 1. The highest BCUT2D eigenvalue weighted by atomic mass is 35.5. The van der Waals surface area contributed by atoms with E-state index in [1.165, 1.54) is 6.07 Å². The molecule has 17 heavy (non-hydrogen) atoms. The van der Waals surface area contributed by atoms with Crippen LogP contribution in [0.1, 0.15) is 6.42 Å². The monoisotopic (exact) mass is 299 g/mol. The maximum Gasteiger partial charge on any atom is 0.250 e. The highest BCUT2D eigenvalue weighted by Gasteiger charge is 2.15. The molecule has 1 rings (SSSR count). The Morgan fingerprint density at radius 2 is 2.18 bits per heavy atom. The molecule has 2 N–H and O–H groups in total. The van der Waals surface area contributed by atoms with Gasteiger partial charge in [-0.15, -0.1) is 11.3 Å². The molecule has 1 aromatic heterocycles. The first-order valence-corrected chi connectivity index (χ1v) is 7.67. The average molecular weight is 300 g/mol. The van der Waals surface area contributed by atoms with Crippen LogP contribution in [0.25, 0.3) is 0 Å². The lowest BCUT2D eigenvalue weighted by Gasteiger charge is -2.04. The summed E-state index contributed by atoms with van der Waals surface area (Å²) in [5.41, 5.74) is 0. The topological polar surface area (TPSA) is 75.6 Å². The number of halogens is 1. The molecular formula is C9H14ClNO4S2. The average Bonchev–Trinajstić information content (AvgIpc) is 2.71. The van der Waals surface area contributed by atoms with Gasteiger partial charge in [0.25, 0.3) is 0 Å². The summed E-state index contributed by atoms with van der Waals surface area (Å²) in [6.07, 6.45) is 0.554. The van der Waals surface area contributed by atoms with Crippen LogP contribution in [0.5, 0.6) is 0 Å². The van der Waals surface area contributed by atoms with E-state index in [0.717, 1.165) is 11.3 Å². The zero-order valence-corrected chi connectivity index (χ0v) is 11.4. The Balaban J connectivity index is 2.31. The van der Waals surface area contributed by atoms with Gasteiger partial charge in [-0.25, -0.2) is 13.1 Å². The largest absolute Gasteiger partial charge is 0.394 e. The number of thiophene rings is 1. The van der Waals surface area contributed by atoms with Gasteiger partial charge in [-0.05, 0) is 18.6 Å². The van der Waals surface area contributed by atoms with Gasteiger partial charge in [-0.2, -0.15) is 0 Å². The molecule has 0 aliphatic carbocycles. The molecule has 1 heterocycles. The van der Waals surface area contributed by atoms with Crippen molar-refractivity contribution >= 4 is 33.0 Å². The molecule has 5 nitrogen and oxygen atoms in total. The number of aliphatic hydroxyl groups excluding tert-OH is 1. The van der Waals surface area contributed by atoms with Gasteiger partial charge in [-0.3, -0.25) is 0 Å². The van der Waals surface area contributed by atoms with Crippen molar-refractivity contribution in [3.05, 3.63) is 16.5 Å². The molecule has 0 aliphatic rings. The third kappa shape index (κ3) is 5.33. The predicted octanol–water partition coefficient (Wildman–Crippen LogP) is 1.08. The molecule has 0 aliphatic heterocycles. The molecule has 0 unspecified atom stereocenters. The highest BCUT2D eigenvalue weighted by molar-refractivity contribution is 7.91. The van der Waals surface area contributed by atoms with Crippen molar-refractivity contribution < 1.29 is 18.3 Å². The third-order valence-electron chi connectivity index (χ3n) is 1.81. The molecule has 0 radical (unpaired) electrons. The number of aliphatic hydroxyl groups is 1. The van der Waals surface area contributed by atoms with E-state index in [-0.39, 0.29) is 17.4 Å². The van der Waals surface area contributed by atoms with Crippen molar-refractivity contribution in [3.63, 3.8) is 0 Å². The Morgan fingerprint density at radius 1 is 1.41 bits per heavy atom. The predicted molar refractivity (Wildman–Crippen MR) is 67.0 cm³/mol. The second kappa shape index (κ2) is 7.30. The molecule has 0 saturated heterocycles. The summed E-state index contributed by atoms with van der Waals surface area (Å²) in [4.78, 5) is 0. The van der Waals surface area contributed by atoms with Crippen LogP contribution in [0, 0.1) is 0 Å². The van der Waals surface area contributed by atoms with Crippen LogP contribution < -0.4 is 4.72 Å². The van der Waals surface area contributed by atoms with Gasteiger partial charge in [0, 0.05) is 13.2 Å². The minimum absolute atomic E-state index is 0.0284. The SMILES string of the molecule is O=S(=O)(NCCCOCCO)c1ccc(Cl)s1. The number of hydrogen-bond donors (Lipinski definition) is 2. The summed E-state index contributed by atoms with van der Waals surface area (Å²) >= 11 is 6.68. The minimum atomic E-state index is -3.45. The van der Waals surface area contributed by atoms with Crippen LogP contribution >= 0.6 is 22.9 Å². The van der Waals surface area contributed by atoms with Gasteiger partial charge in [-0.1, -0.05) is 11.6 Å². The van der Waals surface area contributed by atoms with E-state index < -0.39 is 10.0 Å². The molecule has 98 valence electrons. The first-order chi connectivity index (χ1) is 8.06. The Kier molecular flexibility index (Phi) is 6.39. The summed E-state index contributed by atoms with van der Waals surface area (Å²) in [7, 11) is -3.45. The number of rotatable bonds is 8. The molecule has 0 atom stereocenters. The molecule has 0 spiro atoms. The van der Waals surface area contributed by atoms with E-state index in [4.69, 9.17) is 21.4 Å². The Hall–Kier alpha value is -0.180. The lowest BCUT2D eigenvalue weighted by Crippen LogP contribution is -2.25. The fourth-order valence-corrected chi connectivity index (χ4v) is 3.66. The standard InChI is InChI=1S/C9H14ClNO4S2/c10-8-2-3-9(16-8)17(13,14)11-4-1-6-15-7-5-12/h2-3,11-12H,1,4-7H2. The molecule has 0 fully saturated rings. The fourth-order valence-electron chi connectivity index (χ4n) is 1.06. The van der Waals surface area contributed by atoms with Gasteiger partial charge in [0.05, 0.1) is 17.6 Å². The Labute approximate surface area is 109 Å². The van der Waals surface area contributed by atoms with Crippen LogP contribution in [0.2, 0.25) is 4.34 Å². The van der Waals surface area contributed by atoms with E-state index in [1.54, 1.807) is 6.07 Å². The number of nitrogens with one attached hydrogen (secondary N) is 1. The smallest absolute Gasteiger partial charge is 0.250 e. The number of hydrogen-bond acceptors (Lipinski definition) is 5. The van der Waals surface area contributed by atoms with Crippen molar-refractivity contribution in [1.82, 2.24) is 4.72 Å². The van der Waals surface area contributed by atoms with Gasteiger partial charge in [0.2, 0.25) is 10.0 Å². The first-order valence-electron chi connectivity index (χ1n) is 5.00. The first kappa shape index (κ1) is 14.9. The van der Waals surface area contributed by atoms with Crippen molar-refractivity contribution in [3.8, 4) is 0 Å². The van der Waals surface area contributed by atoms with Crippen LogP contribution in [0.4, 0.5) is 0 Å². The normalized spacial score (nSPS) is 11.9. The van der Waals surface area contributed by atoms with Gasteiger partial charge in [0.15, 0.2) is 0 Å². The Bertz CT molecular complexity index is 432. The molecule has 1 aromatic rings. The summed E-state index contributed by atoms with van der Waals surface area (Å²) in [6.45, 7) is 0.949. The van der Waals surface area contributed by atoms with Crippen molar-refractivity contribution in [1.29, 1.82) is 0 Å². The minimum Gasteiger partial charge on any atom is -0.394 e. The van der Waals surface area contributed by atoms with Gasteiger partial charge >= 0.3 is 0 Å². The zero-order valence-electron chi connectivity index (χ0n) is 9.06. The second-order valence-electron chi connectivity index (χ2n) is 3.15. The summed E-state index contributed by atoms with van der Waals surface area (Å²) in [6, 6.07) is 3.02. The lowest BCUT2D eigenvalue weighted by molar-refractivity contribution is 0.0913. The molecule has 0 amide bonds. The fraction of sp³-hybridized carbons (Fsp3) is 0.556. The quantitative estimate of drug-likeness (QED) is 0.704. The molecule has 8 heteroatoms. The Morgan fingerprint density at radius 3 is 2.76 bits per heavy atom. The molecule has 0 aromatic carbocycles. The van der Waals surface area contributed by atoms with E-state index in [9.17, 15) is 8.42 Å². The summed E-state index contributed by atoms with van der Waals surface area (Å²) in [5, 5.41) is 8.46. The van der Waals surface area contributed by atoms with E-state index in [0.29, 0.717) is 23.9 Å². The maximum atomic E-state index is 11.7. The van der Waals surface area contributed by atoms with Crippen molar-refractivity contribution in [2.45, 2.75) is 10.6 Å². The summed E-state index contributed by atoms with van der Waals surface area (Å²) < 4.78 is 31.5. The maximum absolute atomic E-state index is 11.7. The van der Waals surface area contributed by atoms with Crippen LogP contribution in [-0.4, -0.2) is 39.9 Å². The third-order valence-corrected chi connectivity index (χ3v) is 4.99. The molecular weight excluding hydrogens is 286 g/mol. The van der Waals surface area contributed by atoms with Gasteiger partial charge < -0.3 is 9.84 Å². The van der Waals surface area contributed by atoms with Crippen molar-refractivity contribution in [2.24, 2.45) is 0 Å².